The smallest absolute Gasteiger partial charge is 0.311 e. The second-order valence-electron chi connectivity index (χ2n) is 3.84. The van der Waals surface area contributed by atoms with E-state index in [4.69, 9.17) is 16.3 Å². The van der Waals surface area contributed by atoms with Gasteiger partial charge in [-0.15, -0.1) is 0 Å². The van der Waals surface area contributed by atoms with Gasteiger partial charge in [-0.1, -0.05) is 36.4 Å². The molecular formula is C15H17ClO2. The van der Waals surface area contributed by atoms with E-state index in [0.29, 0.717) is 17.2 Å². The average molecular weight is 265 g/mol. The molecule has 0 saturated heterocycles. The van der Waals surface area contributed by atoms with Crippen LogP contribution < -0.4 is 4.74 Å². The van der Waals surface area contributed by atoms with Crippen LogP contribution in [0, 0.1) is 0 Å². The van der Waals surface area contributed by atoms with E-state index in [-0.39, 0.29) is 5.97 Å². The van der Waals surface area contributed by atoms with E-state index in [1.807, 2.05) is 12.2 Å². The third-order valence-corrected chi connectivity index (χ3v) is 2.57. The molecule has 0 fully saturated rings. The zero-order chi connectivity index (χ0) is 13.2. The van der Waals surface area contributed by atoms with Crippen LogP contribution in [0.4, 0.5) is 0 Å². The van der Waals surface area contributed by atoms with Crippen molar-refractivity contribution in [1.29, 1.82) is 0 Å². The lowest BCUT2D eigenvalue weighted by atomic mass is 10.2. The molecule has 18 heavy (non-hydrogen) atoms. The number of esters is 1. The fourth-order valence-electron chi connectivity index (χ4n) is 1.41. The van der Waals surface area contributed by atoms with E-state index >= 15 is 0 Å². The third-order valence-electron chi connectivity index (χ3n) is 2.32. The Hall–Kier alpha value is -1.54. The van der Waals surface area contributed by atoms with Gasteiger partial charge in [-0.25, -0.2) is 0 Å². The molecule has 1 aromatic carbocycles. The maximum atomic E-state index is 11.5. The Bertz CT molecular complexity index is 407. The molecule has 0 bridgehead atoms. The minimum atomic E-state index is -0.204. The van der Waals surface area contributed by atoms with Gasteiger partial charge in [-0.2, -0.15) is 0 Å². The van der Waals surface area contributed by atoms with Gasteiger partial charge in [0.05, 0.1) is 0 Å². The van der Waals surface area contributed by atoms with Crippen molar-refractivity contribution in [3.05, 3.63) is 54.1 Å². The van der Waals surface area contributed by atoms with Crippen molar-refractivity contribution in [1.82, 2.24) is 0 Å². The predicted molar refractivity (Wildman–Crippen MR) is 74.9 cm³/mol. The molecule has 0 N–H and O–H groups in total. The van der Waals surface area contributed by atoms with Crippen LogP contribution >= 0.6 is 11.6 Å². The first-order chi connectivity index (χ1) is 8.72. The van der Waals surface area contributed by atoms with E-state index < -0.39 is 0 Å². The van der Waals surface area contributed by atoms with Crippen LogP contribution in [0.3, 0.4) is 0 Å². The molecule has 96 valence electrons. The Morgan fingerprint density at radius 3 is 2.67 bits per heavy atom. The number of hydrogen-bond donors (Lipinski definition) is 0. The molecule has 0 unspecified atom stereocenters. The Morgan fingerprint density at radius 2 is 2.00 bits per heavy atom. The van der Waals surface area contributed by atoms with Crippen LogP contribution in [-0.2, 0) is 4.79 Å². The zero-order valence-electron chi connectivity index (χ0n) is 10.3. The number of ether oxygens (including phenoxy) is 1. The summed E-state index contributed by atoms with van der Waals surface area (Å²) >= 11 is 5.74. The highest BCUT2D eigenvalue weighted by atomic mass is 35.5. The standard InChI is InChI=1S/C15H17ClO2/c1-2-3-4-5-6-7-8-15(17)18-14-11-9-13(16)10-12-14/h2-4,9-12H,1,5-8H2. The van der Waals surface area contributed by atoms with E-state index in [1.165, 1.54) is 0 Å². The fourth-order valence-corrected chi connectivity index (χ4v) is 1.54. The Kier molecular flexibility index (Phi) is 6.89. The first kappa shape index (κ1) is 14.5. The van der Waals surface area contributed by atoms with Crippen LogP contribution in [0.15, 0.2) is 49.1 Å². The summed E-state index contributed by atoms with van der Waals surface area (Å²) in [5, 5.41) is 0.629. The Morgan fingerprint density at radius 1 is 1.28 bits per heavy atom. The Labute approximate surface area is 113 Å². The highest BCUT2D eigenvalue weighted by molar-refractivity contribution is 6.30. The SMILES string of the molecule is C=CC=CCCCCC(=O)Oc1ccc(Cl)cc1. The molecule has 0 spiro atoms. The Balaban J connectivity index is 2.19. The zero-order valence-corrected chi connectivity index (χ0v) is 11.0. The number of rotatable bonds is 7. The number of carbonyl (C=O) groups is 1. The molecule has 0 saturated carbocycles. The summed E-state index contributed by atoms with van der Waals surface area (Å²) in [4.78, 5) is 11.5. The highest BCUT2D eigenvalue weighted by Gasteiger charge is 2.03. The van der Waals surface area contributed by atoms with Gasteiger partial charge in [0.1, 0.15) is 5.75 Å². The highest BCUT2D eigenvalue weighted by Crippen LogP contribution is 2.16. The molecule has 0 radical (unpaired) electrons. The van der Waals surface area contributed by atoms with Crippen molar-refractivity contribution in [2.24, 2.45) is 0 Å². The summed E-state index contributed by atoms with van der Waals surface area (Å²) in [6, 6.07) is 6.77. The van der Waals surface area contributed by atoms with Crippen LogP contribution in [-0.4, -0.2) is 5.97 Å². The van der Waals surface area contributed by atoms with Gasteiger partial charge in [0.15, 0.2) is 0 Å². The molecule has 0 heterocycles. The van der Waals surface area contributed by atoms with E-state index in [1.54, 1.807) is 30.3 Å². The summed E-state index contributed by atoms with van der Waals surface area (Å²) in [7, 11) is 0. The van der Waals surface area contributed by atoms with E-state index in [2.05, 4.69) is 6.58 Å². The monoisotopic (exact) mass is 264 g/mol. The fraction of sp³-hybridized carbons (Fsp3) is 0.267. The molecule has 0 aromatic heterocycles. The van der Waals surface area contributed by atoms with E-state index in [9.17, 15) is 4.79 Å². The van der Waals surface area contributed by atoms with E-state index in [0.717, 1.165) is 19.3 Å². The number of hydrogen-bond acceptors (Lipinski definition) is 2. The van der Waals surface area contributed by atoms with Crippen molar-refractivity contribution in [2.75, 3.05) is 0 Å². The summed E-state index contributed by atoms with van der Waals surface area (Å²) in [6.45, 7) is 3.59. The quantitative estimate of drug-likeness (QED) is 0.313. The maximum Gasteiger partial charge on any atom is 0.311 e. The molecule has 2 nitrogen and oxygen atoms in total. The van der Waals surface area contributed by atoms with Crippen LogP contribution in [0.5, 0.6) is 5.75 Å². The molecule has 0 aliphatic rings. The van der Waals surface area contributed by atoms with Crippen LogP contribution in [0.25, 0.3) is 0 Å². The van der Waals surface area contributed by atoms with Crippen LogP contribution in [0.2, 0.25) is 5.02 Å². The lowest BCUT2D eigenvalue weighted by molar-refractivity contribution is -0.134. The largest absolute Gasteiger partial charge is 0.427 e. The van der Waals surface area contributed by atoms with Gasteiger partial charge in [0.2, 0.25) is 0 Å². The van der Waals surface area contributed by atoms with Gasteiger partial charge in [0, 0.05) is 11.4 Å². The first-order valence-electron chi connectivity index (χ1n) is 5.96. The number of benzene rings is 1. The summed E-state index contributed by atoms with van der Waals surface area (Å²) < 4.78 is 5.17. The minimum Gasteiger partial charge on any atom is -0.427 e. The second-order valence-corrected chi connectivity index (χ2v) is 4.27. The van der Waals surface area contributed by atoms with Gasteiger partial charge in [-0.3, -0.25) is 4.79 Å². The molecular weight excluding hydrogens is 248 g/mol. The molecule has 1 rings (SSSR count). The number of unbranched alkanes of at least 4 members (excludes halogenated alkanes) is 2. The summed E-state index contributed by atoms with van der Waals surface area (Å²) in [5.74, 6) is 0.334. The predicted octanol–water partition coefficient (Wildman–Crippen LogP) is 4.55. The topological polar surface area (TPSA) is 26.3 Å². The van der Waals surface area contributed by atoms with Crippen molar-refractivity contribution in [3.63, 3.8) is 0 Å². The van der Waals surface area contributed by atoms with Crippen LogP contribution in [0.1, 0.15) is 25.7 Å². The lowest BCUT2D eigenvalue weighted by Crippen LogP contribution is -2.07. The minimum absolute atomic E-state index is 0.204. The first-order valence-corrected chi connectivity index (χ1v) is 6.34. The van der Waals surface area contributed by atoms with Crippen molar-refractivity contribution in [2.45, 2.75) is 25.7 Å². The molecule has 0 atom stereocenters. The molecule has 1 aromatic rings. The van der Waals surface area contributed by atoms with Crippen molar-refractivity contribution in [3.8, 4) is 5.75 Å². The maximum absolute atomic E-state index is 11.5. The third kappa shape index (κ3) is 6.26. The number of halogens is 1. The summed E-state index contributed by atoms with van der Waals surface area (Å²) in [5.41, 5.74) is 0. The molecule has 0 amide bonds. The molecule has 3 heteroatoms. The molecule has 0 aliphatic heterocycles. The van der Waals surface area contributed by atoms with Crippen molar-refractivity contribution >= 4 is 17.6 Å². The number of carbonyl (C=O) groups excluding carboxylic acids is 1. The number of allylic oxidation sites excluding steroid dienone is 3. The average Bonchev–Trinajstić information content (AvgIpc) is 2.36. The van der Waals surface area contributed by atoms with Gasteiger partial charge >= 0.3 is 5.97 Å². The lowest BCUT2D eigenvalue weighted by Gasteiger charge is -2.03. The van der Waals surface area contributed by atoms with Gasteiger partial charge in [-0.05, 0) is 43.5 Å². The van der Waals surface area contributed by atoms with Gasteiger partial charge < -0.3 is 4.74 Å². The normalized spacial score (nSPS) is 10.5. The van der Waals surface area contributed by atoms with Gasteiger partial charge in [0.25, 0.3) is 0 Å². The summed E-state index contributed by atoms with van der Waals surface area (Å²) in [6.07, 6.45) is 8.89. The van der Waals surface area contributed by atoms with Crippen molar-refractivity contribution < 1.29 is 9.53 Å². The molecule has 0 aliphatic carbocycles. The second kappa shape index (κ2) is 8.54.